The van der Waals surface area contributed by atoms with E-state index in [1.54, 1.807) is 7.11 Å². The van der Waals surface area contributed by atoms with Crippen LogP contribution in [0.25, 0.3) is 0 Å². The van der Waals surface area contributed by atoms with Crippen molar-refractivity contribution in [3.8, 4) is 5.75 Å². The number of esters is 1. The van der Waals surface area contributed by atoms with Gasteiger partial charge < -0.3 is 20.1 Å². The summed E-state index contributed by atoms with van der Waals surface area (Å²) in [5.74, 6) is -0.551. The number of carbonyl (C=O) groups is 2. The molecule has 28 heavy (non-hydrogen) atoms. The molecule has 0 radical (unpaired) electrons. The molecule has 2 rings (SSSR count). The van der Waals surface area contributed by atoms with E-state index in [1.807, 2.05) is 24.3 Å². The number of para-hydroxylation sites is 1. The minimum atomic E-state index is -0.814. The third-order valence-corrected chi connectivity index (χ3v) is 3.94. The van der Waals surface area contributed by atoms with E-state index in [4.69, 9.17) is 9.47 Å². The second-order valence-corrected chi connectivity index (χ2v) is 5.73. The van der Waals surface area contributed by atoms with E-state index in [2.05, 4.69) is 10.6 Å². The number of nitro benzene ring substituents is 1. The highest BCUT2D eigenvalue weighted by Gasteiger charge is 2.18. The van der Waals surface area contributed by atoms with Crippen LogP contribution in [0.1, 0.15) is 15.9 Å². The zero-order chi connectivity index (χ0) is 20.5. The number of nitrogens with one attached hydrogen (secondary N) is 2. The van der Waals surface area contributed by atoms with Gasteiger partial charge in [0.25, 0.3) is 11.6 Å². The lowest BCUT2D eigenvalue weighted by Crippen LogP contribution is -2.30. The minimum Gasteiger partial charge on any atom is -0.496 e. The molecule has 2 aromatic carbocycles. The Morgan fingerprint density at radius 2 is 1.93 bits per heavy atom. The number of benzene rings is 2. The van der Waals surface area contributed by atoms with E-state index >= 15 is 0 Å². The van der Waals surface area contributed by atoms with E-state index in [0.717, 1.165) is 17.4 Å². The summed E-state index contributed by atoms with van der Waals surface area (Å²) in [6.45, 7) is -0.134. The number of hydrogen-bond donors (Lipinski definition) is 2. The predicted molar refractivity (Wildman–Crippen MR) is 103 cm³/mol. The normalized spacial score (nSPS) is 10.1. The first-order chi connectivity index (χ1) is 13.5. The molecule has 9 nitrogen and oxygen atoms in total. The Labute approximate surface area is 161 Å². The summed E-state index contributed by atoms with van der Waals surface area (Å²) in [7, 11) is 3.11. The van der Waals surface area contributed by atoms with Crippen molar-refractivity contribution in [1.82, 2.24) is 5.32 Å². The van der Waals surface area contributed by atoms with Crippen molar-refractivity contribution in [2.45, 2.75) is 6.42 Å². The van der Waals surface area contributed by atoms with Crippen LogP contribution < -0.4 is 15.4 Å². The summed E-state index contributed by atoms with van der Waals surface area (Å²) in [4.78, 5) is 34.3. The monoisotopic (exact) mass is 387 g/mol. The number of anilines is 1. The predicted octanol–water partition coefficient (Wildman–Crippen LogP) is 2.16. The maximum Gasteiger partial charge on any atom is 0.338 e. The number of nitro groups is 1. The molecule has 1 amide bonds. The zero-order valence-electron chi connectivity index (χ0n) is 15.6. The smallest absolute Gasteiger partial charge is 0.338 e. The number of ether oxygens (including phenoxy) is 2. The van der Waals surface area contributed by atoms with E-state index in [-0.39, 0.29) is 16.9 Å². The molecule has 2 aromatic rings. The maximum atomic E-state index is 12.0. The molecule has 2 N–H and O–H groups in total. The van der Waals surface area contributed by atoms with Crippen molar-refractivity contribution >= 4 is 23.3 Å². The van der Waals surface area contributed by atoms with Gasteiger partial charge in [-0.05, 0) is 30.2 Å². The lowest BCUT2D eigenvalue weighted by atomic mass is 10.1. The number of amides is 1. The minimum absolute atomic E-state index is 0.00692. The van der Waals surface area contributed by atoms with E-state index in [9.17, 15) is 19.7 Å². The van der Waals surface area contributed by atoms with E-state index < -0.39 is 23.4 Å². The largest absolute Gasteiger partial charge is 0.496 e. The Kier molecular flexibility index (Phi) is 7.32. The van der Waals surface area contributed by atoms with Crippen LogP contribution in [0.3, 0.4) is 0 Å². The Morgan fingerprint density at radius 1 is 1.18 bits per heavy atom. The molecule has 0 spiro atoms. The first-order valence-corrected chi connectivity index (χ1v) is 8.48. The summed E-state index contributed by atoms with van der Waals surface area (Å²) in [6.07, 6.45) is 0.557. The van der Waals surface area contributed by atoms with Gasteiger partial charge in [0.1, 0.15) is 11.4 Å². The lowest BCUT2D eigenvalue weighted by molar-refractivity contribution is -0.384. The van der Waals surface area contributed by atoms with Crippen molar-refractivity contribution < 1.29 is 24.0 Å². The summed E-state index contributed by atoms with van der Waals surface area (Å²) in [6, 6.07) is 11.4. The quantitative estimate of drug-likeness (QED) is 0.384. The van der Waals surface area contributed by atoms with Crippen LogP contribution in [-0.2, 0) is 16.0 Å². The maximum absolute atomic E-state index is 12.0. The Bertz CT molecular complexity index is 868. The highest BCUT2D eigenvalue weighted by Crippen LogP contribution is 2.25. The average molecular weight is 387 g/mol. The van der Waals surface area contributed by atoms with Gasteiger partial charge in [0, 0.05) is 19.7 Å². The molecule has 0 atom stereocenters. The van der Waals surface area contributed by atoms with E-state index in [0.29, 0.717) is 13.0 Å². The molecule has 148 valence electrons. The summed E-state index contributed by atoms with van der Waals surface area (Å²) in [5, 5.41) is 16.4. The summed E-state index contributed by atoms with van der Waals surface area (Å²) >= 11 is 0. The summed E-state index contributed by atoms with van der Waals surface area (Å²) in [5.41, 5.74) is 0.959. The van der Waals surface area contributed by atoms with Gasteiger partial charge in [-0.2, -0.15) is 0 Å². The molecule has 0 bridgehead atoms. The third kappa shape index (κ3) is 5.44. The van der Waals surface area contributed by atoms with Crippen molar-refractivity contribution in [3.63, 3.8) is 0 Å². The topological polar surface area (TPSA) is 120 Å². The van der Waals surface area contributed by atoms with Gasteiger partial charge in [0.2, 0.25) is 0 Å². The first-order valence-electron chi connectivity index (χ1n) is 8.48. The van der Waals surface area contributed by atoms with Gasteiger partial charge in [-0.1, -0.05) is 18.2 Å². The molecule has 0 aliphatic carbocycles. The molecule has 0 fully saturated rings. The third-order valence-electron chi connectivity index (χ3n) is 3.94. The number of hydrogen-bond acceptors (Lipinski definition) is 7. The fourth-order valence-corrected chi connectivity index (χ4v) is 2.53. The molecule has 0 saturated heterocycles. The highest BCUT2D eigenvalue weighted by atomic mass is 16.6. The number of carbonyl (C=O) groups excluding carboxylic acids is 2. The SMILES string of the molecule is CNc1ccc(C(=O)OCC(=O)NCCc2ccccc2OC)cc1[N+](=O)[O-]. The second-order valence-electron chi connectivity index (χ2n) is 5.73. The average Bonchev–Trinajstić information content (AvgIpc) is 2.71. The molecular formula is C19H21N3O6. The molecule has 0 saturated carbocycles. The van der Waals surface area contributed by atoms with Crippen molar-refractivity contribution in [2.24, 2.45) is 0 Å². The van der Waals surface area contributed by atoms with Crippen LogP contribution in [0.15, 0.2) is 42.5 Å². The fraction of sp³-hybridized carbons (Fsp3) is 0.263. The molecule has 0 aliphatic heterocycles. The Hall–Kier alpha value is -3.62. The highest BCUT2D eigenvalue weighted by molar-refractivity contribution is 5.93. The van der Waals surface area contributed by atoms with Crippen LogP contribution in [0.4, 0.5) is 11.4 Å². The van der Waals surface area contributed by atoms with Gasteiger partial charge in [-0.3, -0.25) is 14.9 Å². The Balaban J connectivity index is 1.84. The lowest BCUT2D eigenvalue weighted by Gasteiger charge is -2.09. The summed E-state index contributed by atoms with van der Waals surface area (Å²) < 4.78 is 10.2. The Morgan fingerprint density at radius 3 is 2.61 bits per heavy atom. The van der Waals surface area contributed by atoms with Crippen LogP contribution in [0.5, 0.6) is 5.75 Å². The molecule has 0 aliphatic rings. The molecule has 0 unspecified atom stereocenters. The molecular weight excluding hydrogens is 366 g/mol. The van der Waals surface area contributed by atoms with Gasteiger partial charge in [-0.25, -0.2) is 4.79 Å². The van der Waals surface area contributed by atoms with Crippen LogP contribution in [-0.4, -0.2) is 44.1 Å². The van der Waals surface area contributed by atoms with Crippen LogP contribution in [0, 0.1) is 10.1 Å². The van der Waals surface area contributed by atoms with Crippen molar-refractivity contribution in [2.75, 3.05) is 32.6 Å². The van der Waals surface area contributed by atoms with Crippen molar-refractivity contribution in [3.05, 3.63) is 63.7 Å². The van der Waals surface area contributed by atoms with Crippen molar-refractivity contribution in [1.29, 1.82) is 0 Å². The van der Waals surface area contributed by atoms with Gasteiger partial charge in [-0.15, -0.1) is 0 Å². The fourth-order valence-electron chi connectivity index (χ4n) is 2.53. The van der Waals surface area contributed by atoms with Gasteiger partial charge in [0.05, 0.1) is 17.6 Å². The number of rotatable bonds is 9. The van der Waals surface area contributed by atoms with Gasteiger partial charge in [0.15, 0.2) is 6.61 Å². The number of methoxy groups -OCH3 is 1. The first kappa shape index (κ1) is 20.7. The molecule has 0 heterocycles. The molecule has 0 aromatic heterocycles. The van der Waals surface area contributed by atoms with Crippen LogP contribution >= 0.6 is 0 Å². The molecule has 9 heteroatoms. The number of nitrogens with zero attached hydrogens (tertiary/aromatic N) is 1. The zero-order valence-corrected chi connectivity index (χ0v) is 15.6. The standard InChI is InChI=1S/C19H21N3O6/c1-20-15-8-7-14(11-16(15)22(25)26)19(24)28-12-18(23)21-10-9-13-5-3-4-6-17(13)27-2/h3-8,11,20H,9-10,12H2,1-2H3,(H,21,23). The van der Waals surface area contributed by atoms with Gasteiger partial charge >= 0.3 is 5.97 Å². The second kappa shape index (κ2) is 9.91. The van der Waals surface area contributed by atoms with Crippen LogP contribution in [0.2, 0.25) is 0 Å². The van der Waals surface area contributed by atoms with E-state index in [1.165, 1.54) is 19.2 Å².